The van der Waals surface area contributed by atoms with Gasteiger partial charge < -0.3 is 14.8 Å². The van der Waals surface area contributed by atoms with Crippen molar-refractivity contribution in [2.45, 2.75) is 26.0 Å². The van der Waals surface area contributed by atoms with Gasteiger partial charge in [-0.05, 0) is 18.1 Å². The number of nitrogens with zero attached hydrogens (tertiary/aromatic N) is 1. The number of nitro benzene ring substituents is 1. The van der Waals surface area contributed by atoms with E-state index in [0.29, 0.717) is 5.56 Å². The standard InChI is InChI=1S/C19H20N2O6/c1-2-26-18(22)12-17(15-9-6-10-16(11-15)21(24)25)20-19(23)27-13-14-7-4-3-5-8-14/h3-11,17H,2,12-13H2,1H3,(H,20,23)/t17-/m0/s1. The first-order valence-corrected chi connectivity index (χ1v) is 8.36. The number of alkyl carbamates (subject to hydrolysis) is 1. The van der Waals surface area contributed by atoms with Crippen LogP contribution in [-0.2, 0) is 20.9 Å². The van der Waals surface area contributed by atoms with E-state index >= 15 is 0 Å². The second-order valence-corrected chi connectivity index (χ2v) is 5.62. The molecule has 0 bridgehead atoms. The largest absolute Gasteiger partial charge is 0.466 e. The summed E-state index contributed by atoms with van der Waals surface area (Å²) in [7, 11) is 0. The van der Waals surface area contributed by atoms with Gasteiger partial charge in [-0.25, -0.2) is 4.79 Å². The Labute approximate surface area is 156 Å². The fourth-order valence-corrected chi connectivity index (χ4v) is 2.40. The Hall–Kier alpha value is -3.42. The Kier molecular flexibility index (Phi) is 7.30. The number of carbonyl (C=O) groups excluding carboxylic acids is 2. The highest BCUT2D eigenvalue weighted by atomic mass is 16.6. The van der Waals surface area contributed by atoms with E-state index in [9.17, 15) is 19.7 Å². The van der Waals surface area contributed by atoms with Gasteiger partial charge in [0.15, 0.2) is 0 Å². The van der Waals surface area contributed by atoms with Gasteiger partial charge in [-0.1, -0.05) is 42.5 Å². The summed E-state index contributed by atoms with van der Waals surface area (Å²) in [4.78, 5) is 34.4. The number of nitrogens with one attached hydrogen (secondary N) is 1. The van der Waals surface area contributed by atoms with E-state index in [1.54, 1.807) is 13.0 Å². The number of nitro groups is 1. The fourth-order valence-electron chi connectivity index (χ4n) is 2.40. The van der Waals surface area contributed by atoms with Gasteiger partial charge in [0.2, 0.25) is 0 Å². The first-order valence-electron chi connectivity index (χ1n) is 8.36. The number of amides is 1. The zero-order chi connectivity index (χ0) is 19.6. The molecule has 0 saturated carbocycles. The number of non-ortho nitro benzene ring substituents is 1. The van der Waals surface area contributed by atoms with Gasteiger partial charge in [0.25, 0.3) is 5.69 Å². The molecule has 0 radical (unpaired) electrons. The normalized spacial score (nSPS) is 11.3. The van der Waals surface area contributed by atoms with Crippen molar-refractivity contribution in [2.24, 2.45) is 0 Å². The lowest BCUT2D eigenvalue weighted by atomic mass is 10.0. The van der Waals surface area contributed by atoms with E-state index in [1.165, 1.54) is 18.2 Å². The van der Waals surface area contributed by atoms with Crippen LogP contribution in [0.3, 0.4) is 0 Å². The molecule has 0 aromatic heterocycles. The van der Waals surface area contributed by atoms with Gasteiger partial charge in [0, 0.05) is 12.1 Å². The van der Waals surface area contributed by atoms with Crippen molar-refractivity contribution in [2.75, 3.05) is 6.61 Å². The summed E-state index contributed by atoms with van der Waals surface area (Å²) in [6, 6.07) is 14.0. The fraction of sp³-hybridized carbons (Fsp3) is 0.263. The van der Waals surface area contributed by atoms with Crippen LogP contribution in [0.2, 0.25) is 0 Å². The molecule has 2 aromatic rings. The van der Waals surface area contributed by atoms with Gasteiger partial charge >= 0.3 is 12.1 Å². The zero-order valence-corrected chi connectivity index (χ0v) is 14.8. The van der Waals surface area contributed by atoms with Crippen LogP contribution in [0.15, 0.2) is 54.6 Å². The highest BCUT2D eigenvalue weighted by molar-refractivity contribution is 5.73. The molecule has 8 nitrogen and oxygen atoms in total. The van der Waals surface area contributed by atoms with Gasteiger partial charge in [0.1, 0.15) is 6.61 Å². The number of rotatable bonds is 8. The van der Waals surface area contributed by atoms with Gasteiger partial charge in [-0.3, -0.25) is 14.9 Å². The minimum absolute atomic E-state index is 0.0632. The van der Waals surface area contributed by atoms with E-state index in [2.05, 4.69) is 5.32 Å². The summed E-state index contributed by atoms with van der Waals surface area (Å²) in [5.41, 5.74) is 1.08. The third-order valence-electron chi connectivity index (χ3n) is 3.66. The Bertz CT molecular complexity index is 794. The number of ether oxygens (including phenoxy) is 2. The molecule has 2 rings (SSSR count). The van der Waals surface area contributed by atoms with Crippen molar-refractivity contribution in [3.63, 3.8) is 0 Å². The first kappa shape index (κ1) is 19.9. The van der Waals surface area contributed by atoms with Gasteiger partial charge in [-0.15, -0.1) is 0 Å². The van der Waals surface area contributed by atoms with E-state index in [-0.39, 0.29) is 25.3 Å². The van der Waals surface area contributed by atoms with Crippen molar-refractivity contribution in [3.8, 4) is 0 Å². The predicted octanol–water partition coefficient (Wildman–Crippen LogP) is 3.52. The van der Waals surface area contributed by atoms with Crippen molar-refractivity contribution in [1.29, 1.82) is 0 Å². The van der Waals surface area contributed by atoms with E-state index < -0.39 is 23.0 Å². The van der Waals surface area contributed by atoms with Crippen molar-refractivity contribution in [3.05, 3.63) is 75.8 Å². The van der Waals surface area contributed by atoms with Gasteiger partial charge in [0.05, 0.1) is 24.0 Å². The van der Waals surface area contributed by atoms with Crippen molar-refractivity contribution >= 4 is 17.7 Å². The number of benzene rings is 2. The maximum Gasteiger partial charge on any atom is 0.407 e. The monoisotopic (exact) mass is 372 g/mol. The van der Waals surface area contributed by atoms with E-state index in [4.69, 9.17) is 9.47 Å². The second kappa shape index (κ2) is 9.91. The molecule has 1 N–H and O–H groups in total. The number of carbonyl (C=O) groups is 2. The lowest BCUT2D eigenvalue weighted by Crippen LogP contribution is -2.31. The maximum atomic E-state index is 12.1. The third-order valence-corrected chi connectivity index (χ3v) is 3.66. The minimum Gasteiger partial charge on any atom is -0.466 e. The highest BCUT2D eigenvalue weighted by Crippen LogP contribution is 2.22. The van der Waals surface area contributed by atoms with Crippen LogP contribution in [0.25, 0.3) is 0 Å². The van der Waals surface area contributed by atoms with Crippen LogP contribution in [0, 0.1) is 10.1 Å². The van der Waals surface area contributed by atoms with Crippen molar-refractivity contribution < 1.29 is 24.0 Å². The van der Waals surface area contributed by atoms with Crippen LogP contribution in [0.1, 0.15) is 30.5 Å². The number of hydrogen-bond donors (Lipinski definition) is 1. The summed E-state index contributed by atoms with van der Waals surface area (Å²) < 4.78 is 10.1. The maximum absolute atomic E-state index is 12.1. The molecule has 0 heterocycles. The molecule has 27 heavy (non-hydrogen) atoms. The molecule has 0 aliphatic rings. The minimum atomic E-state index is -0.813. The SMILES string of the molecule is CCOC(=O)C[C@H](NC(=O)OCc1ccccc1)c1cccc([N+](=O)[O-])c1. The van der Waals surface area contributed by atoms with E-state index in [1.807, 2.05) is 30.3 Å². The molecule has 0 saturated heterocycles. The highest BCUT2D eigenvalue weighted by Gasteiger charge is 2.22. The molecule has 0 spiro atoms. The molecule has 2 aromatic carbocycles. The molecule has 0 aliphatic carbocycles. The summed E-state index contributed by atoms with van der Waals surface area (Å²) in [6.45, 7) is 1.93. The second-order valence-electron chi connectivity index (χ2n) is 5.62. The van der Waals surface area contributed by atoms with Crippen LogP contribution in [-0.4, -0.2) is 23.6 Å². The van der Waals surface area contributed by atoms with E-state index in [0.717, 1.165) is 5.56 Å². The molecule has 0 unspecified atom stereocenters. The van der Waals surface area contributed by atoms with Crippen LogP contribution in [0.5, 0.6) is 0 Å². The number of esters is 1. The molecule has 1 amide bonds. The van der Waals surface area contributed by atoms with Gasteiger partial charge in [-0.2, -0.15) is 0 Å². The molecule has 0 fully saturated rings. The molecular formula is C19H20N2O6. The average Bonchev–Trinajstić information content (AvgIpc) is 2.67. The molecule has 8 heteroatoms. The number of hydrogen-bond acceptors (Lipinski definition) is 6. The smallest absolute Gasteiger partial charge is 0.407 e. The van der Waals surface area contributed by atoms with Crippen LogP contribution < -0.4 is 5.32 Å². The lowest BCUT2D eigenvalue weighted by molar-refractivity contribution is -0.384. The Morgan fingerprint density at radius 3 is 2.52 bits per heavy atom. The zero-order valence-electron chi connectivity index (χ0n) is 14.8. The molecule has 142 valence electrons. The molecular weight excluding hydrogens is 352 g/mol. The van der Waals surface area contributed by atoms with Crippen LogP contribution >= 0.6 is 0 Å². The summed E-state index contributed by atoms with van der Waals surface area (Å²) in [6.07, 6.45) is -0.908. The Morgan fingerprint density at radius 2 is 1.85 bits per heavy atom. The predicted molar refractivity (Wildman–Crippen MR) is 96.9 cm³/mol. The molecule has 1 atom stereocenters. The average molecular weight is 372 g/mol. The van der Waals surface area contributed by atoms with Crippen molar-refractivity contribution in [1.82, 2.24) is 5.32 Å². The summed E-state index contributed by atoms with van der Waals surface area (Å²) >= 11 is 0. The Balaban J connectivity index is 2.09. The first-order chi connectivity index (χ1) is 13.0. The Morgan fingerprint density at radius 1 is 1.11 bits per heavy atom. The summed E-state index contributed by atoms with van der Waals surface area (Å²) in [5, 5.41) is 13.6. The summed E-state index contributed by atoms with van der Waals surface area (Å²) in [5.74, 6) is -0.530. The quantitative estimate of drug-likeness (QED) is 0.431. The molecule has 0 aliphatic heterocycles. The topological polar surface area (TPSA) is 108 Å². The lowest BCUT2D eigenvalue weighted by Gasteiger charge is -2.18. The third kappa shape index (κ3) is 6.43. The van der Waals surface area contributed by atoms with Crippen LogP contribution in [0.4, 0.5) is 10.5 Å².